The number of hydrazone groups is 1. The fourth-order valence-electron chi connectivity index (χ4n) is 2.90. The number of aryl methyl sites for hydroxylation is 1. The SMILES string of the molecule is Cc1ccc(C(C)C)cc1OCC(=O)NN=Cc1ccc(OC(=O)c2ccccc2Cl)cc1. The van der Waals surface area contributed by atoms with Gasteiger partial charge in [-0.05, 0) is 72.0 Å². The molecule has 0 saturated heterocycles. The van der Waals surface area contributed by atoms with Crippen LogP contribution in [-0.2, 0) is 4.79 Å². The second-order valence-electron chi connectivity index (χ2n) is 7.70. The molecular formula is C26H25ClN2O4. The van der Waals surface area contributed by atoms with E-state index in [1.165, 1.54) is 6.21 Å². The van der Waals surface area contributed by atoms with Gasteiger partial charge in [0.15, 0.2) is 6.61 Å². The molecule has 0 radical (unpaired) electrons. The highest BCUT2D eigenvalue weighted by molar-refractivity contribution is 6.33. The molecule has 3 aromatic carbocycles. The lowest BCUT2D eigenvalue weighted by atomic mass is 10.0. The zero-order chi connectivity index (χ0) is 23.8. The number of nitrogens with zero attached hydrogens (tertiary/aromatic N) is 1. The van der Waals surface area contributed by atoms with E-state index in [4.69, 9.17) is 21.1 Å². The van der Waals surface area contributed by atoms with Gasteiger partial charge in [0.25, 0.3) is 5.91 Å². The summed E-state index contributed by atoms with van der Waals surface area (Å²) >= 11 is 6.02. The van der Waals surface area contributed by atoms with Crippen LogP contribution in [0.4, 0.5) is 0 Å². The minimum atomic E-state index is -0.538. The lowest BCUT2D eigenvalue weighted by molar-refractivity contribution is -0.123. The van der Waals surface area contributed by atoms with Crippen LogP contribution in [0.2, 0.25) is 5.02 Å². The maximum atomic E-state index is 12.2. The highest BCUT2D eigenvalue weighted by Crippen LogP contribution is 2.24. The first-order chi connectivity index (χ1) is 15.8. The van der Waals surface area contributed by atoms with E-state index in [0.29, 0.717) is 33.6 Å². The summed E-state index contributed by atoms with van der Waals surface area (Å²) in [6.45, 7) is 6.00. The van der Waals surface area contributed by atoms with E-state index in [1.807, 2.05) is 19.1 Å². The van der Waals surface area contributed by atoms with Gasteiger partial charge in [-0.2, -0.15) is 5.10 Å². The third-order valence-corrected chi connectivity index (χ3v) is 5.15. The normalized spacial score (nSPS) is 10.9. The van der Waals surface area contributed by atoms with Crippen molar-refractivity contribution in [2.45, 2.75) is 26.7 Å². The minimum absolute atomic E-state index is 0.142. The molecule has 0 aliphatic carbocycles. The summed E-state index contributed by atoms with van der Waals surface area (Å²) in [4.78, 5) is 24.3. The van der Waals surface area contributed by atoms with Gasteiger partial charge in [0.1, 0.15) is 11.5 Å². The molecule has 0 aliphatic heterocycles. The van der Waals surface area contributed by atoms with Crippen LogP contribution in [0, 0.1) is 6.92 Å². The van der Waals surface area contributed by atoms with Crippen molar-refractivity contribution >= 4 is 29.7 Å². The molecule has 0 atom stereocenters. The number of carbonyl (C=O) groups excluding carboxylic acids is 2. The van der Waals surface area contributed by atoms with Crippen molar-refractivity contribution in [3.05, 3.63) is 94.0 Å². The monoisotopic (exact) mass is 464 g/mol. The summed E-state index contributed by atoms with van der Waals surface area (Å²) in [5, 5.41) is 4.27. The number of hydrogen-bond donors (Lipinski definition) is 1. The molecule has 0 saturated carbocycles. The van der Waals surface area contributed by atoms with E-state index < -0.39 is 5.97 Å². The molecule has 3 rings (SSSR count). The number of amides is 1. The van der Waals surface area contributed by atoms with Gasteiger partial charge in [-0.15, -0.1) is 0 Å². The first-order valence-electron chi connectivity index (χ1n) is 10.5. The van der Waals surface area contributed by atoms with Gasteiger partial charge in [0, 0.05) is 0 Å². The van der Waals surface area contributed by atoms with Crippen molar-refractivity contribution in [2.75, 3.05) is 6.61 Å². The van der Waals surface area contributed by atoms with Crippen LogP contribution in [-0.4, -0.2) is 24.7 Å². The van der Waals surface area contributed by atoms with E-state index in [0.717, 1.165) is 11.1 Å². The minimum Gasteiger partial charge on any atom is -0.483 e. The standard InChI is InChI=1S/C26H25ClN2O4/c1-17(2)20-11-8-18(3)24(14-20)32-16-25(30)29-28-15-19-9-12-21(13-10-19)33-26(31)22-6-4-5-7-23(22)27/h4-15,17H,16H2,1-3H3,(H,29,30). The number of halogens is 1. The number of nitrogens with one attached hydrogen (secondary N) is 1. The van der Waals surface area contributed by atoms with Crippen LogP contribution >= 0.6 is 11.6 Å². The lowest BCUT2D eigenvalue weighted by Crippen LogP contribution is -2.24. The van der Waals surface area contributed by atoms with Crippen molar-refractivity contribution in [3.8, 4) is 11.5 Å². The first kappa shape index (κ1) is 24.0. The fourth-order valence-corrected chi connectivity index (χ4v) is 3.11. The van der Waals surface area contributed by atoms with Crippen molar-refractivity contribution in [1.82, 2.24) is 5.43 Å². The molecule has 3 aromatic rings. The van der Waals surface area contributed by atoms with E-state index in [9.17, 15) is 9.59 Å². The summed E-state index contributed by atoms with van der Waals surface area (Å²) in [5.74, 6) is 0.516. The summed E-state index contributed by atoms with van der Waals surface area (Å²) < 4.78 is 11.0. The Hall–Kier alpha value is -3.64. The Morgan fingerprint density at radius 2 is 1.79 bits per heavy atom. The zero-order valence-electron chi connectivity index (χ0n) is 18.7. The number of benzene rings is 3. The van der Waals surface area contributed by atoms with Crippen molar-refractivity contribution in [2.24, 2.45) is 5.10 Å². The number of hydrogen-bond acceptors (Lipinski definition) is 5. The fraction of sp³-hybridized carbons (Fsp3) is 0.192. The Morgan fingerprint density at radius 1 is 1.06 bits per heavy atom. The number of carbonyl (C=O) groups is 2. The van der Waals surface area contributed by atoms with Gasteiger partial charge in [-0.1, -0.05) is 49.7 Å². The molecule has 1 N–H and O–H groups in total. The highest BCUT2D eigenvalue weighted by Gasteiger charge is 2.12. The molecule has 1 amide bonds. The summed E-state index contributed by atoms with van der Waals surface area (Å²) in [7, 11) is 0. The predicted octanol–water partition coefficient (Wildman–Crippen LogP) is 5.52. The van der Waals surface area contributed by atoms with E-state index in [-0.39, 0.29) is 12.5 Å². The van der Waals surface area contributed by atoms with E-state index >= 15 is 0 Å². The molecule has 7 heteroatoms. The van der Waals surface area contributed by atoms with Gasteiger partial charge in [-0.3, -0.25) is 4.79 Å². The van der Waals surface area contributed by atoms with Crippen molar-refractivity contribution in [3.63, 3.8) is 0 Å². The molecule has 0 aromatic heterocycles. The molecule has 0 bridgehead atoms. The van der Waals surface area contributed by atoms with E-state index in [1.54, 1.807) is 48.5 Å². The van der Waals surface area contributed by atoms with Crippen LogP contribution in [0.3, 0.4) is 0 Å². The molecule has 170 valence electrons. The number of rotatable bonds is 8. The van der Waals surface area contributed by atoms with Crippen LogP contribution in [0.1, 0.15) is 46.8 Å². The van der Waals surface area contributed by atoms with Gasteiger partial charge in [0.05, 0.1) is 16.8 Å². The second-order valence-corrected chi connectivity index (χ2v) is 8.11. The first-order valence-corrected chi connectivity index (χ1v) is 10.8. The lowest BCUT2D eigenvalue weighted by Gasteiger charge is -2.12. The maximum absolute atomic E-state index is 12.2. The highest BCUT2D eigenvalue weighted by atomic mass is 35.5. The molecule has 33 heavy (non-hydrogen) atoms. The summed E-state index contributed by atoms with van der Waals surface area (Å²) in [6, 6.07) is 19.4. The van der Waals surface area contributed by atoms with Crippen LogP contribution in [0.15, 0.2) is 71.8 Å². The largest absolute Gasteiger partial charge is 0.483 e. The number of ether oxygens (including phenoxy) is 2. The average Bonchev–Trinajstić information content (AvgIpc) is 2.79. The van der Waals surface area contributed by atoms with Crippen molar-refractivity contribution < 1.29 is 19.1 Å². The Kier molecular flexibility index (Phi) is 8.22. The Morgan fingerprint density at radius 3 is 2.48 bits per heavy atom. The molecule has 0 aliphatic rings. The molecule has 0 unspecified atom stereocenters. The van der Waals surface area contributed by atoms with Crippen LogP contribution in [0.25, 0.3) is 0 Å². The summed E-state index contributed by atoms with van der Waals surface area (Å²) in [5.41, 5.74) is 5.56. The average molecular weight is 465 g/mol. The third kappa shape index (κ3) is 6.92. The predicted molar refractivity (Wildman–Crippen MR) is 129 cm³/mol. The van der Waals surface area contributed by atoms with Crippen molar-refractivity contribution in [1.29, 1.82) is 0 Å². The zero-order valence-corrected chi connectivity index (χ0v) is 19.4. The molecule has 0 spiro atoms. The van der Waals surface area contributed by atoms with Gasteiger partial charge in [-0.25, -0.2) is 10.2 Å². The smallest absolute Gasteiger partial charge is 0.345 e. The maximum Gasteiger partial charge on any atom is 0.345 e. The summed E-state index contributed by atoms with van der Waals surface area (Å²) in [6.07, 6.45) is 1.49. The molecular weight excluding hydrogens is 440 g/mol. The molecule has 6 nitrogen and oxygen atoms in total. The van der Waals surface area contributed by atoms with Crippen LogP contribution < -0.4 is 14.9 Å². The third-order valence-electron chi connectivity index (χ3n) is 4.82. The van der Waals surface area contributed by atoms with Gasteiger partial charge < -0.3 is 9.47 Å². The van der Waals surface area contributed by atoms with E-state index in [2.05, 4.69) is 30.4 Å². The number of esters is 1. The van der Waals surface area contributed by atoms with Gasteiger partial charge in [0.2, 0.25) is 0 Å². The Bertz CT molecular complexity index is 1160. The Labute approximate surface area is 198 Å². The van der Waals surface area contributed by atoms with Crippen LogP contribution in [0.5, 0.6) is 11.5 Å². The second kappa shape index (κ2) is 11.3. The van der Waals surface area contributed by atoms with Gasteiger partial charge >= 0.3 is 5.97 Å². The molecule has 0 heterocycles. The topological polar surface area (TPSA) is 77.0 Å². The quantitative estimate of drug-likeness (QED) is 0.206. The Balaban J connectivity index is 1.49. The molecule has 0 fully saturated rings.